The van der Waals surface area contributed by atoms with Crippen molar-refractivity contribution >= 4 is 39.8 Å². The SMILES string of the molecule is CC(=O)SCC(C)C(=O)Nc1cnn(CCc2scnc2C)c1. The van der Waals surface area contributed by atoms with Gasteiger partial charge in [-0.15, -0.1) is 11.3 Å². The molecule has 2 aromatic rings. The number of hydrogen-bond acceptors (Lipinski definition) is 6. The molecule has 0 saturated carbocycles. The zero-order valence-corrected chi connectivity index (χ0v) is 15.0. The van der Waals surface area contributed by atoms with Gasteiger partial charge in [0.2, 0.25) is 5.91 Å². The van der Waals surface area contributed by atoms with Gasteiger partial charge in [-0.3, -0.25) is 14.3 Å². The van der Waals surface area contributed by atoms with Crippen LogP contribution in [-0.2, 0) is 22.6 Å². The van der Waals surface area contributed by atoms with Crippen LogP contribution >= 0.6 is 23.1 Å². The second-order valence-electron chi connectivity index (χ2n) is 5.30. The topological polar surface area (TPSA) is 76.9 Å². The van der Waals surface area contributed by atoms with E-state index in [1.165, 1.54) is 23.6 Å². The number of amides is 1. The molecule has 1 atom stereocenters. The third-order valence-electron chi connectivity index (χ3n) is 3.30. The summed E-state index contributed by atoms with van der Waals surface area (Å²) in [6, 6.07) is 0. The van der Waals surface area contributed by atoms with E-state index in [4.69, 9.17) is 0 Å². The van der Waals surface area contributed by atoms with Crippen molar-refractivity contribution in [2.75, 3.05) is 11.1 Å². The van der Waals surface area contributed by atoms with Crippen LogP contribution in [0, 0.1) is 12.8 Å². The highest BCUT2D eigenvalue weighted by Crippen LogP contribution is 2.15. The molecule has 0 bridgehead atoms. The lowest BCUT2D eigenvalue weighted by Crippen LogP contribution is -2.22. The molecule has 8 heteroatoms. The average Bonchev–Trinajstić information content (AvgIpc) is 3.11. The molecule has 2 aromatic heterocycles. The van der Waals surface area contributed by atoms with Crippen molar-refractivity contribution in [3.8, 4) is 0 Å². The van der Waals surface area contributed by atoms with E-state index in [0.717, 1.165) is 18.7 Å². The van der Waals surface area contributed by atoms with Gasteiger partial charge in [0, 0.05) is 42.6 Å². The fourth-order valence-electron chi connectivity index (χ4n) is 1.92. The molecule has 1 N–H and O–H groups in total. The van der Waals surface area contributed by atoms with Gasteiger partial charge in [-0.05, 0) is 6.92 Å². The molecule has 2 rings (SSSR count). The van der Waals surface area contributed by atoms with Crippen LogP contribution in [0.25, 0.3) is 0 Å². The van der Waals surface area contributed by atoms with E-state index in [1.807, 2.05) is 30.2 Å². The van der Waals surface area contributed by atoms with Gasteiger partial charge < -0.3 is 5.32 Å². The van der Waals surface area contributed by atoms with Crippen LogP contribution in [0.4, 0.5) is 5.69 Å². The first-order chi connectivity index (χ1) is 11.0. The normalized spacial score (nSPS) is 12.1. The Morgan fingerprint density at radius 3 is 2.91 bits per heavy atom. The number of nitrogens with zero attached hydrogens (tertiary/aromatic N) is 3. The zero-order valence-electron chi connectivity index (χ0n) is 13.4. The number of nitrogens with one attached hydrogen (secondary N) is 1. The van der Waals surface area contributed by atoms with E-state index < -0.39 is 0 Å². The standard InChI is InChI=1S/C15H20N4O2S2/c1-10(8-22-12(3)20)15(21)18-13-6-17-19(7-13)5-4-14-11(2)16-9-23-14/h6-7,9-10H,4-5,8H2,1-3H3,(H,18,21). The molecule has 2 heterocycles. The molecule has 23 heavy (non-hydrogen) atoms. The molecule has 0 fully saturated rings. The second-order valence-corrected chi connectivity index (χ2v) is 7.43. The third kappa shape index (κ3) is 5.47. The largest absolute Gasteiger partial charge is 0.323 e. The molecule has 124 valence electrons. The van der Waals surface area contributed by atoms with Gasteiger partial charge in [0.25, 0.3) is 0 Å². The van der Waals surface area contributed by atoms with E-state index in [-0.39, 0.29) is 16.9 Å². The Morgan fingerprint density at radius 1 is 1.48 bits per heavy atom. The smallest absolute Gasteiger partial charge is 0.228 e. The summed E-state index contributed by atoms with van der Waals surface area (Å²) in [6.07, 6.45) is 4.33. The molecule has 0 aliphatic rings. The van der Waals surface area contributed by atoms with Gasteiger partial charge in [-0.1, -0.05) is 18.7 Å². The summed E-state index contributed by atoms with van der Waals surface area (Å²) in [5.41, 5.74) is 3.59. The van der Waals surface area contributed by atoms with Crippen LogP contribution in [0.15, 0.2) is 17.9 Å². The van der Waals surface area contributed by atoms with Crippen molar-refractivity contribution in [1.82, 2.24) is 14.8 Å². The van der Waals surface area contributed by atoms with E-state index in [2.05, 4.69) is 15.4 Å². The Balaban J connectivity index is 1.83. The van der Waals surface area contributed by atoms with Crippen LogP contribution < -0.4 is 5.32 Å². The van der Waals surface area contributed by atoms with E-state index in [1.54, 1.807) is 17.5 Å². The quantitative estimate of drug-likeness (QED) is 0.829. The Kier molecular flexibility index (Phi) is 6.35. The molecular weight excluding hydrogens is 332 g/mol. The highest BCUT2D eigenvalue weighted by Gasteiger charge is 2.15. The maximum atomic E-state index is 12.0. The molecule has 0 aliphatic carbocycles. The van der Waals surface area contributed by atoms with E-state index in [0.29, 0.717) is 11.4 Å². The predicted molar refractivity (Wildman–Crippen MR) is 93.7 cm³/mol. The van der Waals surface area contributed by atoms with Gasteiger partial charge in [0.1, 0.15) is 0 Å². The summed E-state index contributed by atoms with van der Waals surface area (Å²) in [6.45, 7) is 6.06. The number of anilines is 1. The summed E-state index contributed by atoms with van der Waals surface area (Å²) >= 11 is 2.81. The number of aromatic nitrogens is 3. The molecule has 0 spiro atoms. The summed E-state index contributed by atoms with van der Waals surface area (Å²) in [5, 5.41) is 7.12. The molecular formula is C15H20N4O2S2. The van der Waals surface area contributed by atoms with Crippen LogP contribution in [0.1, 0.15) is 24.4 Å². The molecule has 0 radical (unpaired) electrons. The van der Waals surface area contributed by atoms with Crippen molar-refractivity contribution in [3.63, 3.8) is 0 Å². The lowest BCUT2D eigenvalue weighted by atomic mass is 10.2. The predicted octanol–water partition coefficient (Wildman–Crippen LogP) is 2.75. The fourth-order valence-corrected chi connectivity index (χ4v) is 3.32. The molecule has 0 saturated heterocycles. The van der Waals surface area contributed by atoms with Crippen LogP contribution in [0.2, 0.25) is 0 Å². The lowest BCUT2D eigenvalue weighted by molar-refractivity contribution is -0.118. The minimum Gasteiger partial charge on any atom is -0.323 e. The first-order valence-corrected chi connectivity index (χ1v) is 9.18. The summed E-state index contributed by atoms with van der Waals surface area (Å²) in [7, 11) is 0. The second kappa shape index (κ2) is 8.26. The number of rotatable bonds is 7. The van der Waals surface area contributed by atoms with Crippen LogP contribution in [-0.4, -0.2) is 31.5 Å². The lowest BCUT2D eigenvalue weighted by Gasteiger charge is -2.09. The summed E-state index contributed by atoms with van der Waals surface area (Å²) < 4.78 is 1.81. The van der Waals surface area contributed by atoms with Gasteiger partial charge in [0.15, 0.2) is 5.12 Å². The first kappa shape index (κ1) is 17.7. The first-order valence-electron chi connectivity index (χ1n) is 7.31. The summed E-state index contributed by atoms with van der Waals surface area (Å²) in [5.74, 6) is 0.156. The minimum atomic E-state index is -0.230. The van der Waals surface area contributed by atoms with Crippen molar-refractivity contribution in [2.45, 2.75) is 33.7 Å². The minimum absolute atomic E-state index is 0.0239. The Labute approximate surface area is 143 Å². The number of carbonyl (C=O) groups excluding carboxylic acids is 2. The molecule has 1 amide bonds. The van der Waals surface area contributed by atoms with Crippen molar-refractivity contribution in [3.05, 3.63) is 28.5 Å². The van der Waals surface area contributed by atoms with Crippen molar-refractivity contribution in [1.29, 1.82) is 0 Å². The molecule has 0 aliphatic heterocycles. The maximum Gasteiger partial charge on any atom is 0.228 e. The average molecular weight is 352 g/mol. The fraction of sp³-hybridized carbons (Fsp3) is 0.467. The molecule has 1 unspecified atom stereocenters. The van der Waals surface area contributed by atoms with Crippen molar-refractivity contribution in [2.24, 2.45) is 5.92 Å². The third-order valence-corrected chi connectivity index (χ3v) is 5.37. The number of hydrogen-bond donors (Lipinski definition) is 1. The molecule has 6 nitrogen and oxygen atoms in total. The summed E-state index contributed by atoms with van der Waals surface area (Å²) in [4.78, 5) is 28.5. The van der Waals surface area contributed by atoms with Gasteiger partial charge in [-0.25, -0.2) is 4.98 Å². The zero-order chi connectivity index (χ0) is 16.8. The van der Waals surface area contributed by atoms with Crippen molar-refractivity contribution < 1.29 is 9.59 Å². The highest BCUT2D eigenvalue weighted by molar-refractivity contribution is 8.13. The van der Waals surface area contributed by atoms with E-state index in [9.17, 15) is 9.59 Å². The monoisotopic (exact) mass is 352 g/mol. The number of aryl methyl sites for hydroxylation is 3. The van der Waals surface area contributed by atoms with Gasteiger partial charge >= 0.3 is 0 Å². The maximum absolute atomic E-state index is 12.0. The molecule has 0 aromatic carbocycles. The highest BCUT2D eigenvalue weighted by atomic mass is 32.2. The number of thioether (sulfide) groups is 1. The van der Waals surface area contributed by atoms with Crippen LogP contribution in [0.3, 0.4) is 0 Å². The Hall–Kier alpha value is -1.67. The van der Waals surface area contributed by atoms with Gasteiger partial charge in [0.05, 0.1) is 23.1 Å². The number of thiazole rings is 1. The van der Waals surface area contributed by atoms with E-state index >= 15 is 0 Å². The van der Waals surface area contributed by atoms with Gasteiger partial charge in [-0.2, -0.15) is 5.10 Å². The Bertz CT molecular complexity index is 681. The Morgan fingerprint density at radius 2 is 2.26 bits per heavy atom. The van der Waals surface area contributed by atoms with Crippen LogP contribution in [0.5, 0.6) is 0 Å². The number of carbonyl (C=O) groups is 2.